The number of hydrogen-bond acceptors (Lipinski definition) is 6. The molecule has 6 nitrogen and oxygen atoms in total. The van der Waals surface area contributed by atoms with Gasteiger partial charge in [0, 0.05) is 12.1 Å². The van der Waals surface area contributed by atoms with E-state index in [4.69, 9.17) is 9.15 Å². The summed E-state index contributed by atoms with van der Waals surface area (Å²) in [4.78, 5) is 12.8. The number of methoxy groups -OCH3 is 1. The Morgan fingerprint density at radius 3 is 2.52 bits per heavy atom. The van der Waals surface area contributed by atoms with Gasteiger partial charge in [0.15, 0.2) is 22.5 Å². The van der Waals surface area contributed by atoms with E-state index in [0.29, 0.717) is 28.2 Å². The molecule has 2 aromatic heterocycles. The van der Waals surface area contributed by atoms with Crippen molar-refractivity contribution >= 4 is 17.5 Å². The highest BCUT2D eigenvalue weighted by atomic mass is 32.2. The molecule has 0 bridgehead atoms. The van der Waals surface area contributed by atoms with Gasteiger partial charge in [-0.25, -0.2) is 0 Å². The molecule has 1 unspecified atom stereocenters. The molecule has 0 aliphatic heterocycles. The van der Waals surface area contributed by atoms with E-state index in [0.717, 1.165) is 12.3 Å². The Bertz CT molecular complexity index is 886. The average Bonchev–Trinajstić information content (AvgIpc) is 3.31. The lowest BCUT2D eigenvalue weighted by Gasteiger charge is -2.14. The van der Waals surface area contributed by atoms with Gasteiger partial charge >= 0.3 is 0 Å². The maximum absolute atomic E-state index is 12.8. The van der Waals surface area contributed by atoms with Crippen LogP contribution in [0.5, 0.6) is 5.75 Å². The van der Waals surface area contributed by atoms with Crippen molar-refractivity contribution in [3.8, 4) is 17.3 Å². The molecule has 0 amide bonds. The van der Waals surface area contributed by atoms with Gasteiger partial charge in [0.05, 0.1) is 18.6 Å². The molecule has 0 fully saturated rings. The standard InChI is InChI=1S/C20H23N3O3S/c1-13(2)12-23-19(17-6-5-11-26-17)21-22-20(23)27-14(3)18(24)15-7-9-16(25-4)10-8-15/h5-11,13-14H,12H2,1-4H3. The van der Waals surface area contributed by atoms with Crippen LogP contribution in [-0.2, 0) is 6.54 Å². The molecule has 0 saturated carbocycles. The minimum atomic E-state index is -0.294. The maximum Gasteiger partial charge on any atom is 0.200 e. The molecule has 0 aliphatic rings. The Morgan fingerprint density at radius 2 is 1.93 bits per heavy atom. The van der Waals surface area contributed by atoms with Crippen LogP contribution in [0.3, 0.4) is 0 Å². The lowest BCUT2D eigenvalue weighted by molar-refractivity contribution is 0.0994. The molecule has 1 aromatic carbocycles. The summed E-state index contributed by atoms with van der Waals surface area (Å²) in [6.07, 6.45) is 1.62. The first-order chi connectivity index (χ1) is 13.0. The van der Waals surface area contributed by atoms with Gasteiger partial charge in [-0.05, 0) is 49.2 Å². The minimum absolute atomic E-state index is 0.0429. The third-order valence-electron chi connectivity index (χ3n) is 4.03. The number of aromatic nitrogens is 3. The first-order valence-electron chi connectivity index (χ1n) is 8.81. The van der Waals surface area contributed by atoms with Crippen molar-refractivity contribution in [1.82, 2.24) is 14.8 Å². The minimum Gasteiger partial charge on any atom is -0.497 e. The first-order valence-corrected chi connectivity index (χ1v) is 9.69. The van der Waals surface area contributed by atoms with Crippen LogP contribution in [-0.4, -0.2) is 32.9 Å². The van der Waals surface area contributed by atoms with Crippen LogP contribution in [0.25, 0.3) is 11.6 Å². The fraction of sp³-hybridized carbons (Fsp3) is 0.350. The Hall–Kier alpha value is -2.54. The molecule has 3 aromatic rings. The van der Waals surface area contributed by atoms with Crippen LogP contribution >= 0.6 is 11.8 Å². The molecule has 2 heterocycles. The highest BCUT2D eigenvalue weighted by Crippen LogP contribution is 2.29. The topological polar surface area (TPSA) is 70.2 Å². The SMILES string of the molecule is COc1ccc(C(=O)C(C)Sc2nnc(-c3ccco3)n2CC(C)C)cc1. The summed E-state index contributed by atoms with van der Waals surface area (Å²) in [5, 5.41) is 9.02. The van der Waals surface area contributed by atoms with Crippen molar-refractivity contribution in [2.75, 3.05) is 7.11 Å². The number of carbonyl (C=O) groups is 1. The van der Waals surface area contributed by atoms with Gasteiger partial charge in [0.25, 0.3) is 0 Å². The average molecular weight is 385 g/mol. The lowest BCUT2D eigenvalue weighted by Crippen LogP contribution is -2.15. The molecule has 0 aliphatic carbocycles. The van der Waals surface area contributed by atoms with Gasteiger partial charge in [0.2, 0.25) is 0 Å². The number of benzene rings is 1. The normalized spacial score (nSPS) is 12.3. The fourth-order valence-electron chi connectivity index (χ4n) is 2.70. The van der Waals surface area contributed by atoms with Crippen LogP contribution in [0.2, 0.25) is 0 Å². The van der Waals surface area contributed by atoms with Crippen LogP contribution in [0.15, 0.2) is 52.2 Å². The van der Waals surface area contributed by atoms with E-state index in [9.17, 15) is 4.79 Å². The van der Waals surface area contributed by atoms with Crippen molar-refractivity contribution in [2.24, 2.45) is 5.92 Å². The molecule has 0 N–H and O–H groups in total. The zero-order valence-corrected chi connectivity index (χ0v) is 16.7. The van der Waals surface area contributed by atoms with Crippen molar-refractivity contribution in [3.63, 3.8) is 0 Å². The van der Waals surface area contributed by atoms with Crippen molar-refractivity contribution < 1.29 is 13.9 Å². The van der Waals surface area contributed by atoms with E-state index in [-0.39, 0.29) is 11.0 Å². The van der Waals surface area contributed by atoms with Crippen molar-refractivity contribution in [3.05, 3.63) is 48.2 Å². The molecule has 7 heteroatoms. The van der Waals surface area contributed by atoms with Crippen molar-refractivity contribution in [2.45, 2.75) is 37.7 Å². The smallest absolute Gasteiger partial charge is 0.200 e. The lowest BCUT2D eigenvalue weighted by atomic mass is 10.1. The van der Waals surface area contributed by atoms with E-state index < -0.39 is 0 Å². The maximum atomic E-state index is 12.8. The Labute approximate surface area is 162 Å². The predicted octanol–water partition coefficient (Wildman–Crippen LogP) is 4.57. The third kappa shape index (κ3) is 4.42. The summed E-state index contributed by atoms with van der Waals surface area (Å²) >= 11 is 1.41. The molecule has 0 saturated heterocycles. The van der Waals surface area contributed by atoms with Gasteiger partial charge in [-0.3, -0.25) is 9.36 Å². The summed E-state index contributed by atoms with van der Waals surface area (Å²) in [5.74, 6) is 2.53. The van der Waals surface area contributed by atoms with Crippen LogP contribution in [0.1, 0.15) is 31.1 Å². The van der Waals surface area contributed by atoms with E-state index in [1.807, 2.05) is 23.6 Å². The number of rotatable bonds is 8. The van der Waals surface area contributed by atoms with Crippen LogP contribution < -0.4 is 4.74 Å². The summed E-state index contributed by atoms with van der Waals surface area (Å²) in [6, 6.07) is 10.8. The summed E-state index contributed by atoms with van der Waals surface area (Å²) < 4.78 is 12.7. The Morgan fingerprint density at radius 1 is 1.19 bits per heavy atom. The number of nitrogens with zero attached hydrogens (tertiary/aromatic N) is 3. The van der Waals surface area contributed by atoms with Gasteiger partial charge in [0.1, 0.15) is 5.75 Å². The molecular formula is C20H23N3O3S. The number of ketones is 1. The van der Waals surface area contributed by atoms with E-state index in [2.05, 4.69) is 24.0 Å². The third-order valence-corrected chi connectivity index (χ3v) is 5.11. The molecule has 1 atom stereocenters. The number of Topliss-reactive ketones (excluding diaryl/α,β-unsaturated/α-hetero) is 1. The second-order valence-electron chi connectivity index (χ2n) is 6.64. The predicted molar refractivity (Wildman–Crippen MR) is 105 cm³/mol. The van der Waals surface area contributed by atoms with Gasteiger partial charge < -0.3 is 9.15 Å². The zero-order chi connectivity index (χ0) is 19.4. The summed E-state index contributed by atoms with van der Waals surface area (Å²) in [6.45, 7) is 6.89. The fourth-order valence-corrected chi connectivity index (χ4v) is 3.63. The number of carbonyl (C=O) groups excluding carboxylic acids is 1. The quantitative estimate of drug-likeness (QED) is 0.418. The summed E-state index contributed by atoms with van der Waals surface area (Å²) in [7, 11) is 1.60. The Kier molecular flexibility index (Phi) is 6.01. The largest absolute Gasteiger partial charge is 0.497 e. The molecule has 142 valence electrons. The second kappa shape index (κ2) is 8.43. The zero-order valence-electron chi connectivity index (χ0n) is 15.9. The van der Waals surface area contributed by atoms with Crippen molar-refractivity contribution in [1.29, 1.82) is 0 Å². The molecule has 0 radical (unpaired) electrons. The van der Waals surface area contributed by atoms with E-state index in [1.165, 1.54) is 11.8 Å². The van der Waals surface area contributed by atoms with Gasteiger partial charge in [-0.1, -0.05) is 25.6 Å². The Balaban J connectivity index is 1.82. The van der Waals surface area contributed by atoms with Crippen LogP contribution in [0.4, 0.5) is 0 Å². The van der Waals surface area contributed by atoms with Gasteiger partial charge in [-0.15, -0.1) is 10.2 Å². The molecular weight excluding hydrogens is 362 g/mol. The number of hydrogen-bond donors (Lipinski definition) is 0. The number of furan rings is 1. The molecule has 27 heavy (non-hydrogen) atoms. The number of ether oxygens (including phenoxy) is 1. The molecule has 3 rings (SSSR count). The summed E-state index contributed by atoms with van der Waals surface area (Å²) in [5.41, 5.74) is 0.650. The second-order valence-corrected chi connectivity index (χ2v) is 7.95. The van der Waals surface area contributed by atoms with E-state index >= 15 is 0 Å². The monoisotopic (exact) mass is 385 g/mol. The van der Waals surface area contributed by atoms with Gasteiger partial charge in [-0.2, -0.15) is 0 Å². The van der Waals surface area contributed by atoms with Crippen LogP contribution in [0, 0.1) is 5.92 Å². The highest BCUT2D eigenvalue weighted by Gasteiger charge is 2.23. The highest BCUT2D eigenvalue weighted by molar-refractivity contribution is 8.00. The first kappa shape index (κ1) is 19.2. The van der Waals surface area contributed by atoms with E-state index in [1.54, 1.807) is 37.6 Å². The number of thioether (sulfide) groups is 1. The molecule has 0 spiro atoms.